The van der Waals surface area contributed by atoms with Gasteiger partial charge in [0.05, 0.1) is 0 Å². The number of phosphoric acid groups is 1. The van der Waals surface area contributed by atoms with Crippen LogP contribution in [0.4, 0.5) is 0 Å². The average Bonchev–Trinajstić information content (AvgIpc) is 2.67. The van der Waals surface area contributed by atoms with E-state index in [4.69, 9.17) is 14.7 Å². The van der Waals surface area contributed by atoms with Crippen molar-refractivity contribution in [3.63, 3.8) is 0 Å². The Hall–Kier alpha value is 0.290. The number of hydrogen-bond donors (Lipinski definition) is 2. The summed E-state index contributed by atoms with van der Waals surface area (Å²) >= 11 is 0. The third kappa shape index (κ3) is 17.6. The second kappa shape index (κ2) is 19.0. The molecule has 0 radical (unpaired) electrons. The van der Waals surface area contributed by atoms with Crippen molar-refractivity contribution >= 4 is 37.4 Å². The van der Waals surface area contributed by atoms with Gasteiger partial charge in [-0.25, -0.2) is 9.45 Å². The van der Waals surface area contributed by atoms with Gasteiger partial charge in [0.15, 0.2) is 0 Å². The van der Waals surface area contributed by atoms with E-state index in [1.165, 1.54) is 70.6 Å². The summed E-state index contributed by atoms with van der Waals surface area (Å²) in [4.78, 5) is 22.8. The van der Waals surface area contributed by atoms with Crippen LogP contribution in [0.3, 0.4) is 0 Å². The molecule has 0 saturated carbocycles. The summed E-state index contributed by atoms with van der Waals surface area (Å²) in [5.41, 5.74) is 0.870. The molecule has 7 heteroatoms. The van der Waals surface area contributed by atoms with Crippen molar-refractivity contribution in [2.45, 2.75) is 103 Å². The standard InChI is InChI=1S/C22H39O5P.Na.H/c1-2-3-4-5-6-7-8-9-10-11-12-13-17-20-22(26-27-28(23,24)25)21-18-15-14-16-19-21;;/h14-16,18-19,22H,2-13,17,20H2,1H3,(H2,23,24,25);;. The number of rotatable bonds is 18. The Morgan fingerprint density at radius 2 is 1.24 bits per heavy atom. The van der Waals surface area contributed by atoms with Gasteiger partial charge in [0.25, 0.3) is 0 Å². The summed E-state index contributed by atoms with van der Waals surface area (Å²) in [6, 6.07) is 9.43. The van der Waals surface area contributed by atoms with Crippen LogP contribution < -0.4 is 0 Å². The Morgan fingerprint density at radius 3 is 1.69 bits per heavy atom. The van der Waals surface area contributed by atoms with E-state index >= 15 is 0 Å². The van der Waals surface area contributed by atoms with E-state index in [0.29, 0.717) is 6.42 Å². The van der Waals surface area contributed by atoms with Gasteiger partial charge in [-0.15, -0.1) is 4.67 Å². The zero-order chi connectivity index (χ0) is 20.5. The summed E-state index contributed by atoms with van der Waals surface area (Å²) in [5, 5.41) is 0. The third-order valence-corrected chi connectivity index (χ3v) is 5.28. The summed E-state index contributed by atoms with van der Waals surface area (Å²) in [6.45, 7) is 2.25. The molecule has 5 nitrogen and oxygen atoms in total. The van der Waals surface area contributed by atoms with Gasteiger partial charge in [0, 0.05) is 0 Å². The van der Waals surface area contributed by atoms with Gasteiger partial charge in [-0.05, 0) is 12.0 Å². The van der Waals surface area contributed by atoms with Crippen LogP contribution in [-0.2, 0) is 14.1 Å². The summed E-state index contributed by atoms with van der Waals surface area (Å²) in [7, 11) is -4.63. The van der Waals surface area contributed by atoms with Gasteiger partial charge in [-0.1, -0.05) is 121 Å². The molecule has 1 rings (SSSR count). The molecule has 29 heavy (non-hydrogen) atoms. The van der Waals surface area contributed by atoms with Crippen molar-refractivity contribution < 1.29 is 23.9 Å². The Morgan fingerprint density at radius 1 is 0.793 bits per heavy atom. The Labute approximate surface area is 199 Å². The molecule has 164 valence electrons. The minimum absolute atomic E-state index is 0. The molecule has 1 unspecified atom stereocenters. The minimum atomic E-state index is -4.63. The fourth-order valence-electron chi connectivity index (χ4n) is 3.39. The molecule has 0 aliphatic rings. The molecule has 1 aromatic rings. The van der Waals surface area contributed by atoms with Crippen LogP contribution in [0.25, 0.3) is 0 Å². The SMILES string of the molecule is CCCCCCCCCCCCCCCC(OOP(=O)(O)O)c1ccccc1.[NaH]. The molecule has 0 saturated heterocycles. The maximum atomic E-state index is 10.9. The van der Waals surface area contributed by atoms with E-state index in [-0.39, 0.29) is 29.6 Å². The molecule has 1 aromatic carbocycles. The Balaban J connectivity index is 0.00000784. The van der Waals surface area contributed by atoms with Crippen LogP contribution in [0.15, 0.2) is 30.3 Å². The summed E-state index contributed by atoms with van der Waals surface area (Å²) in [5.74, 6) is 0. The van der Waals surface area contributed by atoms with E-state index in [0.717, 1.165) is 18.4 Å². The van der Waals surface area contributed by atoms with Crippen molar-refractivity contribution in [2.75, 3.05) is 0 Å². The summed E-state index contributed by atoms with van der Waals surface area (Å²) in [6.07, 6.45) is 16.9. The average molecular weight is 439 g/mol. The predicted octanol–water partition coefficient (Wildman–Crippen LogP) is 6.60. The van der Waals surface area contributed by atoms with Crippen LogP contribution >= 0.6 is 7.82 Å². The monoisotopic (exact) mass is 438 g/mol. The first-order valence-corrected chi connectivity index (χ1v) is 12.5. The predicted molar refractivity (Wildman–Crippen MR) is 121 cm³/mol. The van der Waals surface area contributed by atoms with Crippen LogP contribution in [0, 0.1) is 0 Å². The molecule has 0 aliphatic carbocycles. The van der Waals surface area contributed by atoms with E-state index in [9.17, 15) is 4.57 Å². The molecule has 2 N–H and O–H groups in total. The first kappa shape index (κ1) is 29.3. The zero-order valence-corrected chi connectivity index (χ0v) is 18.3. The number of unbranched alkanes of at least 4 members (excludes halogenated alkanes) is 12. The number of hydrogen-bond acceptors (Lipinski definition) is 3. The fraction of sp³-hybridized carbons (Fsp3) is 0.727. The first-order chi connectivity index (χ1) is 13.5. The Bertz CT molecular complexity index is 523. The first-order valence-electron chi connectivity index (χ1n) is 11.0. The van der Waals surface area contributed by atoms with E-state index in [1.807, 2.05) is 30.3 Å². The molecular formula is C22H40NaO5P. The normalized spacial score (nSPS) is 12.5. The molecule has 1 atom stereocenters. The molecule has 0 bridgehead atoms. The maximum absolute atomic E-state index is 10.9. The zero-order valence-electron chi connectivity index (χ0n) is 17.4. The molecule has 0 spiro atoms. The van der Waals surface area contributed by atoms with Gasteiger partial charge in [-0.2, -0.15) is 0 Å². The van der Waals surface area contributed by atoms with Crippen LogP contribution in [0.2, 0.25) is 0 Å². The van der Waals surface area contributed by atoms with E-state index in [1.54, 1.807) is 0 Å². The number of benzene rings is 1. The van der Waals surface area contributed by atoms with Crippen molar-refractivity contribution in [1.82, 2.24) is 0 Å². The second-order valence-electron chi connectivity index (χ2n) is 7.59. The van der Waals surface area contributed by atoms with Gasteiger partial charge in [0.1, 0.15) is 6.10 Å². The van der Waals surface area contributed by atoms with Crippen LogP contribution in [0.5, 0.6) is 0 Å². The van der Waals surface area contributed by atoms with Crippen molar-refractivity contribution in [2.24, 2.45) is 0 Å². The van der Waals surface area contributed by atoms with Crippen molar-refractivity contribution in [1.29, 1.82) is 0 Å². The molecule has 0 aliphatic heterocycles. The third-order valence-electron chi connectivity index (χ3n) is 5.00. The van der Waals surface area contributed by atoms with Gasteiger partial charge in [0.2, 0.25) is 0 Å². The van der Waals surface area contributed by atoms with Crippen LogP contribution in [-0.4, -0.2) is 39.3 Å². The van der Waals surface area contributed by atoms with Crippen LogP contribution in [0.1, 0.15) is 108 Å². The van der Waals surface area contributed by atoms with Gasteiger partial charge < -0.3 is 9.79 Å². The fourth-order valence-corrected chi connectivity index (χ4v) is 3.61. The molecular weight excluding hydrogens is 398 g/mol. The Kier molecular flexibility index (Phi) is 19.2. The molecule has 0 amide bonds. The second-order valence-corrected chi connectivity index (χ2v) is 8.72. The summed E-state index contributed by atoms with van der Waals surface area (Å²) < 4.78 is 15.2. The van der Waals surface area contributed by atoms with Crippen molar-refractivity contribution in [3.8, 4) is 0 Å². The molecule has 0 aromatic heterocycles. The van der Waals surface area contributed by atoms with E-state index < -0.39 is 13.9 Å². The topological polar surface area (TPSA) is 76.0 Å². The van der Waals surface area contributed by atoms with Crippen molar-refractivity contribution in [3.05, 3.63) is 35.9 Å². The quantitative estimate of drug-likeness (QED) is 0.0888. The molecule has 0 fully saturated rings. The van der Waals surface area contributed by atoms with E-state index in [2.05, 4.69) is 11.6 Å². The van der Waals surface area contributed by atoms with Gasteiger partial charge >= 0.3 is 37.4 Å². The molecule has 0 heterocycles. The van der Waals surface area contributed by atoms with Gasteiger partial charge in [-0.3, -0.25) is 0 Å².